The van der Waals surface area contributed by atoms with Crippen LogP contribution in [0.3, 0.4) is 0 Å². The maximum absolute atomic E-state index is 12.9. The van der Waals surface area contributed by atoms with Crippen LogP contribution in [0.15, 0.2) is 48.2 Å². The van der Waals surface area contributed by atoms with Gasteiger partial charge in [0.1, 0.15) is 11.6 Å². The number of ether oxygens (including phenoxy) is 2. The molecule has 0 radical (unpaired) electrons. The molecule has 0 spiro atoms. The van der Waals surface area contributed by atoms with Crippen molar-refractivity contribution in [1.82, 2.24) is 5.32 Å². The van der Waals surface area contributed by atoms with Crippen molar-refractivity contribution in [2.24, 2.45) is 0 Å². The fourth-order valence-corrected chi connectivity index (χ4v) is 2.67. The molecule has 2 N–H and O–H groups in total. The lowest BCUT2D eigenvalue weighted by Crippen LogP contribution is -2.24. The normalized spacial score (nSPS) is 13.5. The largest absolute Gasteiger partial charge is 0.454 e. The molecule has 0 aliphatic carbocycles. The van der Waals surface area contributed by atoms with Crippen LogP contribution in [0.5, 0.6) is 11.5 Å². The summed E-state index contributed by atoms with van der Waals surface area (Å²) in [6.45, 7) is 0.0417. The van der Waals surface area contributed by atoms with Gasteiger partial charge in [-0.25, -0.2) is 0 Å². The van der Waals surface area contributed by atoms with E-state index >= 15 is 0 Å². The Morgan fingerprint density at radius 2 is 1.62 bits per heavy atom. The number of carbonyl (C=O) groups is 1. The van der Waals surface area contributed by atoms with Crippen molar-refractivity contribution < 1.29 is 40.6 Å². The maximum Gasteiger partial charge on any atom is 0.416 e. The summed E-state index contributed by atoms with van der Waals surface area (Å²) in [5, 5.41) is 13.7. The second-order valence-corrected chi connectivity index (χ2v) is 6.48. The number of nitrogens with zero attached hydrogens (tertiary/aromatic N) is 1. The van der Waals surface area contributed by atoms with Gasteiger partial charge < -0.3 is 20.1 Å². The third kappa shape index (κ3) is 5.42. The van der Waals surface area contributed by atoms with E-state index < -0.39 is 40.6 Å². The summed E-state index contributed by atoms with van der Waals surface area (Å²) in [6.07, 6.45) is -9.33. The van der Waals surface area contributed by atoms with Crippen molar-refractivity contribution in [3.63, 3.8) is 0 Å². The summed E-state index contributed by atoms with van der Waals surface area (Å²) in [4.78, 5) is 12.2. The molecule has 1 aliphatic heterocycles. The monoisotopic (exact) mass is 457 g/mol. The minimum Gasteiger partial charge on any atom is -0.454 e. The third-order valence-corrected chi connectivity index (χ3v) is 4.23. The van der Waals surface area contributed by atoms with Crippen molar-refractivity contribution in [1.29, 1.82) is 5.26 Å². The van der Waals surface area contributed by atoms with E-state index in [1.165, 1.54) is 6.07 Å². The van der Waals surface area contributed by atoms with Gasteiger partial charge in [0.15, 0.2) is 11.5 Å². The van der Waals surface area contributed by atoms with E-state index in [9.17, 15) is 31.1 Å². The SMILES string of the molecule is N#C/C(=C/Nc1cc(C(F)(F)F)cc(C(F)(F)F)c1)C(=O)NCc1ccc2c(c1)OCO2. The Morgan fingerprint density at radius 1 is 1.00 bits per heavy atom. The summed E-state index contributed by atoms with van der Waals surface area (Å²) in [5.41, 5.74) is -3.61. The van der Waals surface area contributed by atoms with E-state index in [2.05, 4.69) is 10.6 Å². The first kappa shape index (κ1) is 22.8. The Labute approximate surface area is 177 Å². The van der Waals surface area contributed by atoms with Gasteiger partial charge >= 0.3 is 12.4 Å². The van der Waals surface area contributed by atoms with E-state index in [-0.39, 0.29) is 19.4 Å². The Balaban J connectivity index is 1.73. The fraction of sp³-hybridized carbons (Fsp3) is 0.200. The molecule has 0 atom stereocenters. The molecule has 2 aromatic rings. The van der Waals surface area contributed by atoms with Gasteiger partial charge in [-0.1, -0.05) is 6.07 Å². The smallest absolute Gasteiger partial charge is 0.416 e. The number of nitrogens with one attached hydrogen (secondary N) is 2. The van der Waals surface area contributed by atoms with Crippen molar-refractivity contribution in [3.8, 4) is 17.6 Å². The number of nitriles is 1. The molecule has 168 valence electrons. The van der Waals surface area contributed by atoms with Crippen molar-refractivity contribution >= 4 is 11.6 Å². The van der Waals surface area contributed by atoms with Crippen LogP contribution < -0.4 is 20.1 Å². The lowest BCUT2D eigenvalue weighted by molar-refractivity contribution is -0.143. The zero-order valence-electron chi connectivity index (χ0n) is 15.9. The fourth-order valence-electron chi connectivity index (χ4n) is 2.67. The van der Waals surface area contributed by atoms with Crippen LogP contribution in [0.4, 0.5) is 32.0 Å². The van der Waals surface area contributed by atoms with Gasteiger partial charge in [-0.2, -0.15) is 31.6 Å². The molecule has 1 amide bonds. The van der Waals surface area contributed by atoms with Gasteiger partial charge in [-0.3, -0.25) is 4.79 Å². The second kappa shape index (κ2) is 8.70. The molecule has 1 heterocycles. The number of amides is 1. The van der Waals surface area contributed by atoms with Gasteiger partial charge in [0.05, 0.1) is 11.1 Å². The number of halogens is 6. The Hall–Kier alpha value is -3.88. The number of alkyl halides is 6. The summed E-state index contributed by atoms with van der Waals surface area (Å²) < 4.78 is 87.9. The van der Waals surface area contributed by atoms with Crippen LogP contribution in [-0.2, 0) is 23.7 Å². The highest BCUT2D eigenvalue weighted by atomic mass is 19.4. The van der Waals surface area contributed by atoms with Crippen LogP contribution in [-0.4, -0.2) is 12.7 Å². The molecule has 0 saturated carbocycles. The highest BCUT2D eigenvalue weighted by Crippen LogP contribution is 2.37. The van der Waals surface area contributed by atoms with Gasteiger partial charge in [-0.05, 0) is 35.9 Å². The van der Waals surface area contributed by atoms with Gasteiger partial charge in [0, 0.05) is 18.4 Å². The molecule has 0 aromatic heterocycles. The lowest BCUT2D eigenvalue weighted by Gasteiger charge is -2.14. The highest BCUT2D eigenvalue weighted by Gasteiger charge is 2.36. The molecule has 0 fully saturated rings. The number of benzene rings is 2. The third-order valence-electron chi connectivity index (χ3n) is 4.23. The Kier molecular flexibility index (Phi) is 6.20. The van der Waals surface area contributed by atoms with Crippen LogP contribution >= 0.6 is 0 Å². The number of carbonyl (C=O) groups excluding carboxylic acids is 1. The van der Waals surface area contributed by atoms with Crippen molar-refractivity contribution in [3.05, 3.63) is 64.9 Å². The summed E-state index contributed by atoms with van der Waals surface area (Å²) in [7, 11) is 0. The Bertz CT molecular complexity index is 1070. The standard InChI is InChI=1S/C20H13F6N3O3/c21-19(22,23)13-4-14(20(24,25)26)6-15(5-13)28-9-12(7-27)18(30)29-8-11-1-2-16-17(3-11)32-10-31-16/h1-6,9,28H,8,10H2,(H,29,30)/b12-9-. The first-order valence-electron chi connectivity index (χ1n) is 8.80. The van der Waals surface area contributed by atoms with E-state index in [0.29, 0.717) is 29.2 Å². The number of hydrogen-bond acceptors (Lipinski definition) is 5. The molecular weight excluding hydrogens is 444 g/mol. The topological polar surface area (TPSA) is 83.4 Å². The summed E-state index contributed by atoms with van der Waals surface area (Å²) >= 11 is 0. The molecule has 32 heavy (non-hydrogen) atoms. The van der Waals surface area contributed by atoms with E-state index in [1.54, 1.807) is 18.2 Å². The zero-order valence-corrected chi connectivity index (χ0v) is 15.9. The van der Waals surface area contributed by atoms with Gasteiger partial charge in [0.25, 0.3) is 5.91 Å². The molecule has 6 nitrogen and oxygen atoms in total. The van der Waals surface area contributed by atoms with Crippen LogP contribution in [0.2, 0.25) is 0 Å². The predicted octanol–water partition coefficient (Wildman–Crippen LogP) is 4.59. The highest BCUT2D eigenvalue weighted by molar-refractivity contribution is 5.97. The van der Waals surface area contributed by atoms with E-state index in [4.69, 9.17) is 14.7 Å². The van der Waals surface area contributed by atoms with Crippen LogP contribution in [0.1, 0.15) is 16.7 Å². The van der Waals surface area contributed by atoms with Crippen LogP contribution in [0.25, 0.3) is 0 Å². The molecule has 3 rings (SSSR count). The molecule has 12 heteroatoms. The van der Waals surface area contributed by atoms with Crippen LogP contribution in [0, 0.1) is 11.3 Å². The molecule has 0 unspecified atom stereocenters. The van der Waals surface area contributed by atoms with Crippen molar-refractivity contribution in [2.45, 2.75) is 18.9 Å². The molecule has 0 saturated heterocycles. The number of fused-ring (bicyclic) bond motifs is 1. The van der Waals surface area contributed by atoms with Crippen molar-refractivity contribution in [2.75, 3.05) is 12.1 Å². The molecular formula is C20H13F6N3O3. The quantitative estimate of drug-likeness (QED) is 0.390. The zero-order chi connectivity index (χ0) is 23.5. The van der Waals surface area contributed by atoms with Gasteiger partial charge in [0.2, 0.25) is 6.79 Å². The average molecular weight is 457 g/mol. The first-order valence-corrected chi connectivity index (χ1v) is 8.80. The second-order valence-electron chi connectivity index (χ2n) is 6.48. The summed E-state index contributed by atoms with van der Waals surface area (Å²) in [5.74, 6) is 0.112. The Morgan fingerprint density at radius 3 is 2.22 bits per heavy atom. The minimum atomic E-state index is -5.03. The molecule has 0 bridgehead atoms. The maximum atomic E-state index is 12.9. The number of hydrogen-bond donors (Lipinski definition) is 2. The lowest BCUT2D eigenvalue weighted by atomic mass is 10.1. The average Bonchev–Trinajstić information content (AvgIpc) is 3.19. The summed E-state index contributed by atoms with van der Waals surface area (Å²) in [6, 6.07) is 7.25. The predicted molar refractivity (Wildman–Crippen MR) is 98.2 cm³/mol. The van der Waals surface area contributed by atoms with E-state index in [1.807, 2.05) is 0 Å². The first-order chi connectivity index (χ1) is 15.0. The number of rotatable bonds is 5. The van der Waals surface area contributed by atoms with Gasteiger partial charge in [-0.15, -0.1) is 0 Å². The molecule has 2 aromatic carbocycles. The molecule has 1 aliphatic rings. The number of anilines is 1. The van der Waals surface area contributed by atoms with E-state index in [0.717, 1.165) is 6.20 Å². The minimum absolute atomic E-state index is 0.0176.